The highest BCUT2D eigenvalue weighted by Crippen LogP contribution is 2.23. The van der Waals surface area contributed by atoms with Crippen LogP contribution in [0.3, 0.4) is 0 Å². The number of hydrogen-bond acceptors (Lipinski definition) is 1. The maximum absolute atomic E-state index is 13.6. The molecular formula is C13H16FN. The van der Waals surface area contributed by atoms with E-state index >= 15 is 0 Å². The first-order chi connectivity index (χ1) is 7.34. The van der Waals surface area contributed by atoms with Crippen molar-refractivity contribution in [2.24, 2.45) is 0 Å². The average Bonchev–Trinajstić information content (AvgIpc) is 2.30. The lowest BCUT2D eigenvalue weighted by atomic mass is 10.0. The highest BCUT2D eigenvalue weighted by molar-refractivity contribution is 5.17. The van der Waals surface area contributed by atoms with Crippen molar-refractivity contribution in [3.8, 4) is 6.07 Å². The Morgan fingerprint density at radius 1 is 1.13 bits per heavy atom. The Labute approximate surface area is 90.5 Å². The molecule has 1 aromatic rings. The van der Waals surface area contributed by atoms with Gasteiger partial charge in [-0.2, -0.15) is 5.26 Å². The number of unbranched alkanes of at least 4 members (excludes halogenated alkanes) is 3. The van der Waals surface area contributed by atoms with Crippen LogP contribution in [0.25, 0.3) is 0 Å². The first-order valence-corrected chi connectivity index (χ1v) is 5.40. The van der Waals surface area contributed by atoms with E-state index in [4.69, 9.17) is 5.26 Å². The lowest BCUT2D eigenvalue weighted by molar-refractivity contribution is 0.313. The molecule has 0 aliphatic heterocycles. The fourth-order valence-corrected chi connectivity index (χ4v) is 1.53. The zero-order valence-electron chi connectivity index (χ0n) is 8.82. The summed E-state index contributed by atoms with van der Waals surface area (Å²) in [5.74, 6) is 0. The first-order valence-electron chi connectivity index (χ1n) is 5.40. The fourth-order valence-electron chi connectivity index (χ4n) is 1.53. The monoisotopic (exact) mass is 205 g/mol. The molecule has 0 N–H and O–H groups in total. The van der Waals surface area contributed by atoms with Crippen LogP contribution in [0.5, 0.6) is 0 Å². The maximum Gasteiger partial charge on any atom is 0.125 e. The molecule has 0 aromatic heterocycles. The van der Waals surface area contributed by atoms with Gasteiger partial charge in [0.15, 0.2) is 0 Å². The Balaban J connectivity index is 2.20. The van der Waals surface area contributed by atoms with E-state index in [1.165, 1.54) is 0 Å². The number of nitriles is 1. The van der Waals surface area contributed by atoms with Gasteiger partial charge in [0.1, 0.15) is 6.17 Å². The summed E-state index contributed by atoms with van der Waals surface area (Å²) in [5.41, 5.74) is 0.762. The Hall–Kier alpha value is -1.36. The van der Waals surface area contributed by atoms with Crippen LogP contribution in [0, 0.1) is 11.3 Å². The third-order valence-corrected chi connectivity index (χ3v) is 2.41. The molecule has 80 valence electrons. The van der Waals surface area contributed by atoms with Crippen LogP contribution in [0.15, 0.2) is 30.3 Å². The molecule has 1 aromatic carbocycles. The van der Waals surface area contributed by atoms with E-state index in [1.807, 2.05) is 30.3 Å². The summed E-state index contributed by atoms with van der Waals surface area (Å²) >= 11 is 0. The lowest BCUT2D eigenvalue weighted by Crippen LogP contribution is -1.91. The van der Waals surface area contributed by atoms with E-state index in [2.05, 4.69) is 6.07 Å². The molecule has 0 aliphatic carbocycles. The standard InChI is InChI=1S/C13H16FN/c14-13(10-6-1-2-7-11-15)12-8-4-3-5-9-12/h3-5,8-9,13H,1-2,6-7,10H2. The van der Waals surface area contributed by atoms with Crippen molar-refractivity contribution in [2.75, 3.05) is 0 Å². The minimum atomic E-state index is -0.853. The molecule has 1 nitrogen and oxygen atoms in total. The average molecular weight is 205 g/mol. The molecule has 0 aliphatic rings. The van der Waals surface area contributed by atoms with Gasteiger partial charge in [0.2, 0.25) is 0 Å². The third kappa shape index (κ3) is 4.60. The van der Waals surface area contributed by atoms with Gasteiger partial charge in [0.05, 0.1) is 6.07 Å². The van der Waals surface area contributed by atoms with E-state index < -0.39 is 6.17 Å². The molecule has 0 heterocycles. The van der Waals surface area contributed by atoms with Gasteiger partial charge < -0.3 is 0 Å². The Bertz CT molecular complexity index is 302. The summed E-state index contributed by atoms with van der Waals surface area (Å²) in [6, 6.07) is 11.3. The van der Waals surface area contributed by atoms with Crippen LogP contribution in [-0.2, 0) is 0 Å². The SMILES string of the molecule is N#CCCCCCC(F)c1ccccc1. The minimum Gasteiger partial charge on any atom is -0.242 e. The molecule has 0 spiro atoms. The number of nitrogens with zero attached hydrogens (tertiary/aromatic N) is 1. The van der Waals surface area contributed by atoms with Crippen LogP contribution in [-0.4, -0.2) is 0 Å². The molecule has 15 heavy (non-hydrogen) atoms. The Morgan fingerprint density at radius 3 is 2.53 bits per heavy atom. The molecular weight excluding hydrogens is 189 g/mol. The fraction of sp³-hybridized carbons (Fsp3) is 0.462. The van der Waals surface area contributed by atoms with Crippen LogP contribution in [0.1, 0.15) is 43.8 Å². The molecule has 0 fully saturated rings. The molecule has 1 rings (SSSR count). The van der Waals surface area contributed by atoms with Crippen molar-refractivity contribution in [3.63, 3.8) is 0 Å². The van der Waals surface area contributed by atoms with Gasteiger partial charge >= 0.3 is 0 Å². The van der Waals surface area contributed by atoms with Gasteiger partial charge in [-0.05, 0) is 18.4 Å². The molecule has 1 unspecified atom stereocenters. The normalized spacial score (nSPS) is 12.0. The van der Waals surface area contributed by atoms with Crippen molar-refractivity contribution >= 4 is 0 Å². The molecule has 0 radical (unpaired) electrons. The Morgan fingerprint density at radius 2 is 1.87 bits per heavy atom. The summed E-state index contributed by atoms with van der Waals surface area (Å²) in [6.07, 6.45) is 2.99. The zero-order valence-corrected chi connectivity index (χ0v) is 8.82. The summed E-state index contributed by atoms with van der Waals surface area (Å²) in [5, 5.41) is 8.33. The molecule has 2 heteroatoms. The van der Waals surface area contributed by atoms with Gasteiger partial charge in [-0.1, -0.05) is 43.2 Å². The van der Waals surface area contributed by atoms with E-state index in [1.54, 1.807) is 0 Å². The predicted molar refractivity (Wildman–Crippen MR) is 59.0 cm³/mol. The number of hydrogen-bond donors (Lipinski definition) is 0. The topological polar surface area (TPSA) is 23.8 Å². The summed E-state index contributed by atoms with van der Waals surface area (Å²) in [7, 11) is 0. The van der Waals surface area contributed by atoms with Gasteiger partial charge in [0.25, 0.3) is 0 Å². The minimum absolute atomic E-state index is 0.565. The summed E-state index contributed by atoms with van der Waals surface area (Å²) in [4.78, 5) is 0. The van der Waals surface area contributed by atoms with Gasteiger partial charge in [-0.3, -0.25) is 0 Å². The predicted octanol–water partition coefficient (Wildman–Crippen LogP) is 4.17. The van der Waals surface area contributed by atoms with Crippen molar-refractivity contribution in [1.82, 2.24) is 0 Å². The van der Waals surface area contributed by atoms with Crippen molar-refractivity contribution in [3.05, 3.63) is 35.9 Å². The number of benzene rings is 1. The molecule has 0 saturated carbocycles. The van der Waals surface area contributed by atoms with E-state index in [9.17, 15) is 4.39 Å². The van der Waals surface area contributed by atoms with Crippen molar-refractivity contribution < 1.29 is 4.39 Å². The number of halogens is 1. The second-order valence-electron chi connectivity index (χ2n) is 3.64. The van der Waals surface area contributed by atoms with Crippen LogP contribution >= 0.6 is 0 Å². The second kappa shape index (κ2) is 7.00. The summed E-state index contributed by atoms with van der Waals surface area (Å²) in [6.45, 7) is 0. The lowest BCUT2D eigenvalue weighted by Gasteiger charge is -2.07. The van der Waals surface area contributed by atoms with Gasteiger partial charge in [0, 0.05) is 6.42 Å². The van der Waals surface area contributed by atoms with Crippen molar-refractivity contribution in [1.29, 1.82) is 5.26 Å². The third-order valence-electron chi connectivity index (χ3n) is 2.41. The summed E-state index contributed by atoms with van der Waals surface area (Å²) < 4.78 is 13.6. The second-order valence-corrected chi connectivity index (χ2v) is 3.64. The molecule has 0 saturated heterocycles. The van der Waals surface area contributed by atoms with E-state index in [0.29, 0.717) is 12.8 Å². The largest absolute Gasteiger partial charge is 0.242 e. The Kier molecular flexibility index (Phi) is 5.47. The molecule has 0 bridgehead atoms. The van der Waals surface area contributed by atoms with E-state index in [0.717, 1.165) is 24.8 Å². The highest BCUT2D eigenvalue weighted by Gasteiger charge is 2.07. The van der Waals surface area contributed by atoms with Crippen LogP contribution in [0.2, 0.25) is 0 Å². The van der Waals surface area contributed by atoms with Crippen molar-refractivity contribution in [2.45, 2.75) is 38.3 Å². The maximum atomic E-state index is 13.6. The van der Waals surface area contributed by atoms with E-state index in [-0.39, 0.29) is 0 Å². The quantitative estimate of drug-likeness (QED) is 0.639. The number of rotatable bonds is 6. The first kappa shape index (κ1) is 11.7. The highest BCUT2D eigenvalue weighted by atomic mass is 19.1. The van der Waals surface area contributed by atoms with Crippen LogP contribution < -0.4 is 0 Å². The van der Waals surface area contributed by atoms with Crippen LogP contribution in [0.4, 0.5) is 4.39 Å². The molecule has 0 amide bonds. The van der Waals surface area contributed by atoms with Gasteiger partial charge in [-0.25, -0.2) is 4.39 Å². The molecule has 1 atom stereocenters. The number of alkyl halides is 1. The zero-order chi connectivity index (χ0) is 10.9. The van der Waals surface area contributed by atoms with Gasteiger partial charge in [-0.15, -0.1) is 0 Å². The smallest absolute Gasteiger partial charge is 0.125 e.